The van der Waals surface area contributed by atoms with Crippen molar-refractivity contribution in [3.8, 4) is 0 Å². The molecule has 0 saturated carbocycles. The molecule has 7 nitrogen and oxygen atoms in total. The second-order valence-electron chi connectivity index (χ2n) is 8.82. The summed E-state index contributed by atoms with van der Waals surface area (Å²) in [6, 6.07) is 8.01. The van der Waals surface area contributed by atoms with Gasteiger partial charge in [0.2, 0.25) is 0 Å². The van der Waals surface area contributed by atoms with Crippen molar-refractivity contribution >= 4 is 17.7 Å². The van der Waals surface area contributed by atoms with Crippen LogP contribution in [-0.4, -0.2) is 65.2 Å². The highest BCUT2D eigenvalue weighted by molar-refractivity contribution is 5.80. The van der Waals surface area contributed by atoms with Crippen molar-refractivity contribution in [1.82, 2.24) is 9.80 Å². The summed E-state index contributed by atoms with van der Waals surface area (Å²) < 4.78 is 5.63. The van der Waals surface area contributed by atoms with Gasteiger partial charge in [-0.05, 0) is 57.9 Å². The number of ether oxygens (including phenoxy) is 1. The Morgan fingerprint density at radius 2 is 1.65 bits per heavy atom. The number of anilines is 1. The molecule has 2 atom stereocenters. The maximum atomic E-state index is 12.8. The summed E-state index contributed by atoms with van der Waals surface area (Å²) in [4.78, 5) is 26.9. The van der Waals surface area contributed by atoms with Crippen LogP contribution in [0.15, 0.2) is 24.3 Å². The van der Waals surface area contributed by atoms with Crippen molar-refractivity contribution < 1.29 is 19.4 Å². The van der Waals surface area contributed by atoms with Gasteiger partial charge in [0.1, 0.15) is 12.1 Å². The number of amides is 1. The molecule has 31 heavy (non-hydrogen) atoms. The quantitative estimate of drug-likeness (QED) is 0.432. The number of hydrogen-bond acceptors (Lipinski definition) is 5. The fraction of sp³-hybridized carbons (Fsp3) is 0.667. The Labute approximate surface area is 187 Å². The van der Waals surface area contributed by atoms with Crippen LogP contribution >= 0.6 is 0 Å². The SMILES string of the molecule is CCCC(C)(CC)Nc1ccc(COC(=O)C(C)(CC)N(C)CCN(C)C(=O)O)cc1. The maximum absolute atomic E-state index is 12.8. The molecule has 2 N–H and O–H groups in total. The zero-order valence-corrected chi connectivity index (χ0v) is 20.3. The molecule has 7 heteroatoms. The molecule has 1 rings (SSSR count). The predicted molar refractivity (Wildman–Crippen MR) is 125 cm³/mol. The summed E-state index contributed by atoms with van der Waals surface area (Å²) in [5, 5.41) is 12.6. The minimum Gasteiger partial charge on any atom is -0.465 e. The molecule has 1 aromatic rings. The molecular formula is C24H41N3O4. The third kappa shape index (κ3) is 7.73. The normalized spacial score (nSPS) is 15.1. The largest absolute Gasteiger partial charge is 0.465 e. The summed E-state index contributed by atoms with van der Waals surface area (Å²) in [6.07, 6.45) is 2.86. The first-order valence-corrected chi connectivity index (χ1v) is 11.2. The Morgan fingerprint density at radius 3 is 2.13 bits per heavy atom. The molecule has 0 aromatic heterocycles. The standard InChI is InChI=1S/C24H41N3O4/c1-8-15-23(4,9-2)25-20-13-11-19(12-14-20)18-31-21(28)24(5,10-3)27(7)17-16-26(6)22(29)30/h11-14,25H,8-10,15-18H2,1-7H3,(H,29,30). The number of rotatable bonds is 13. The van der Waals surface area contributed by atoms with Crippen LogP contribution in [0.4, 0.5) is 10.5 Å². The minimum absolute atomic E-state index is 0.0744. The van der Waals surface area contributed by atoms with Crippen LogP contribution in [0.3, 0.4) is 0 Å². The molecule has 0 heterocycles. The van der Waals surface area contributed by atoms with E-state index >= 15 is 0 Å². The van der Waals surface area contributed by atoms with Gasteiger partial charge in [-0.1, -0.05) is 39.3 Å². The summed E-state index contributed by atoms with van der Waals surface area (Å²) in [5.74, 6) is -0.306. The Hall–Kier alpha value is -2.28. The van der Waals surface area contributed by atoms with Crippen molar-refractivity contribution in [1.29, 1.82) is 0 Å². The van der Waals surface area contributed by atoms with Gasteiger partial charge in [0, 0.05) is 31.4 Å². The topological polar surface area (TPSA) is 82.1 Å². The second kappa shape index (κ2) is 11.9. The van der Waals surface area contributed by atoms with Gasteiger partial charge in [-0.2, -0.15) is 0 Å². The van der Waals surface area contributed by atoms with Crippen LogP contribution in [0.25, 0.3) is 0 Å². The van der Waals surface area contributed by atoms with Crippen LogP contribution in [0.2, 0.25) is 0 Å². The summed E-state index contributed by atoms with van der Waals surface area (Å²) in [6.45, 7) is 11.4. The third-order valence-electron chi connectivity index (χ3n) is 6.42. The molecular weight excluding hydrogens is 394 g/mol. The zero-order chi connectivity index (χ0) is 23.7. The van der Waals surface area contributed by atoms with Gasteiger partial charge >= 0.3 is 12.1 Å². The van der Waals surface area contributed by atoms with Gasteiger partial charge in [-0.15, -0.1) is 0 Å². The lowest BCUT2D eigenvalue weighted by atomic mass is 9.92. The Morgan fingerprint density at radius 1 is 1.03 bits per heavy atom. The molecule has 0 fully saturated rings. The number of benzene rings is 1. The number of hydrogen-bond donors (Lipinski definition) is 2. The molecule has 176 valence electrons. The maximum Gasteiger partial charge on any atom is 0.407 e. The average molecular weight is 436 g/mol. The number of carbonyl (C=O) groups excluding carboxylic acids is 1. The molecule has 1 aromatic carbocycles. The van der Waals surface area contributed by atoms with Crippen molar-refractivity contribution in [3.05, 3.63) is 29.8 Å². The van der Waals surface area contributed by atoms with E-state index in [4.69, 9.17) is 9.84 Å². The highest BCUT2D eigenvalue weighted by Gasteiger charge is 2.37. The molecule has 0 saturated heterocycles. The van der Waals surface area contributed by atoms with Crippen LogP contribution in [0.1, 0.15) is 65.9 Å². The second-order valence-corrected chi connectivity index (χ2v) is 8.82. The van der Waals surface area contributed by atoms with Crippen LogP contribution in [0.5, 0.6) is 0 Å². The summed E-state index contributed by atoms with van der Waals surface area (Å²) >= 11 is 0. The highest BCUT2D eigenvalue weighted by Crippen LogP contribution is 2.24. The zero-order valence-electron chi connectivity index (χ0n) is 20.3. The lowest BCUT2D eigenvalue weighted by molar-refractivity contribution is -0.158. The molecule has 0 aliphatic heterocycles. The van der Waals surface area contributed by atoms with E-state index in [0.717, 1.165) is 30.5 Å². The number of carboxylic acid groups (broad SMARTS) is 1. The van der Waals surface area contributed by atoms with E-state index in [1.54, 1.807) is 0 Å². The molecule has 2 unspecified atom stereocenters. The van der Waals surface area contributed by atoms with Crippen molar-refractivity contribution in [2.24, 2.45) is 0 Å². The number of carbonyl (C=O) groups is 2. The number of nitrogens with zero attached hydrogens (tertiary/aromatic N) is 2. The monoisotopic (exact) mass is 435 g/mol. The van der Waals surface area contributed by atoms with E-state index in [-0.39, 0.29) is 18.1 Å². The van der Waals surface area contributed by atoms with E-state index < -0.39 is 11.6 Å². The van der Waals surface area contributed by atoms with E-state index in [1.165, 1.54) is 11.9 Å². The Balaban J connectivity index is 2.69. The van der Waals surface area contributed by atoms with E-state index in [2.05, 4.69) is 26.1 Å². The van der Waals surface area contributed by atoms with E-state index in [0.29, 0.717) is 19.5 Å². The van der Waals surface area contributed by atoms with Crippen molar-refractivity contribution in [2.75, 3.05) is 32.5 Å². The van der Waals surface area contributed by atoms with Gasteiger partial charge in [-0.3, -0.25) is 9.69 Å². The highest BCUT2D eigenvalue weighted by atomic mass is 16.5. The minimum atomic E-state index is -0.985. The molecule has 0 bridgehead atoms. The number of nitrogens with one attached hydrogen (secondary N) is 1. The molecule has 0 radical (unpaired) electrons. The smallest absolute Gasteiger partial charge is 0.407 e. The molecule has 1 amide bonds. The van der Waals surface area contributed by atoms with Gasteiger partial charge in [0.15, 0.2) is 0 Å². The Kier molecular flexibility index (Phi) is 10.3. The molecule has 0 aliphatic carbocycles. The first-order chi connectivity index (χ1) is 14.5. The molecule has 0 aliphatic rings. The lowest BCUT2D eigenvalue weighted by Gasteiger charge is -2.36. The average Bonchev–Trinajstić information content (AvgIpc) is 2.75. The first-order valence-electron chi connectivity index (χ1n) is 11.2. The van der Waals surface area contributed by atoms with Crippen molar-refractivity contribution in [3.63, 3.8) is 0 Å². The van der Waals surface area contributed by atoms with Crippen LogP contribution in [-0.2, 0) is 16.1 Å². The van der Waals surface area contributed by atoms with Gasteiger partial charge in [0.05, 0.1) is 0 Å². The third-order valence-corrected chi connectivity index (χ3v) is 6.42. The van der Waals surface area contributed by atoms with E-state index in [1.807, 2.05) is 50.1 Å². The lowest BCUT2D eigenvalue weighted by Crippen LogP contribution is -2.53. The van der Waals surface area contributed by atoms with E-state index in [9.17, 15) is 9.59 Å². The summed E-state index contributed by atoms with van der Waals surface area (Å²) in [5.41, 5.74) is 1.25. The first kappa shape index (κ1) is 26.8. The van der Waals surface area contributed by atoms with Crippen LogP contribution < -0.4 is 5.32 Å². The fourth-order valence-corrected chi connectivity index (χ4v) is 3.43. The molecule has 0 spiro atoms. The van der Waals surface area contributed by atoms with Gasteiger partial charge in [-0.25, -0.2) is 4.79 Å². The fourth-order valence-electron chi connectivity index (χ4n) is 3.43. The van der Waals surface area contributed by atoms with Crippen LogP contribution in [0, 0.1) is 0 Å². The van der Waals surface area contributed by atoms with Gasteiger partial charge < -0.3 is 20.1 Å². The predicted octanol–water partition coefficient (Wildman–Crippen LogP) is 4.82. The number of esters is 1. The summed E-state index contributed by atoms with van der Waals surface area (Å²) in [7, 11) is 3.34. The van der Waals surface area contributed by atoms with Gasteiger partial charge in [0.25, 0.3) is 0 Å². The van der Waals surface area contributed by atoms with Crippen molar-refractivity contribution in [2.45, 2.75) is 78.0 Å². The number of likely N-dealkylation sites (N-methyl/N-ethyl adjacent to an activating group) is 2. The Bertz CT molecular complexity index is 709.